The van der Waals surface area contributed by atoms with Gasteiger partial charge in [0, 0.05) is 37.7 Å². The van der Waals surface area contributed by atoms with Gasteiger partial charge in [0.15, 0.2) is 0 Å². The lowest BCUT2D eigenvalue weighted by molar-refractivity contribution is -0.138. The molecule has 0 radical (unpaired) electrons. The molecule has 2 fully saturated rings. The number of nitrogens with zero attached hydrogens (tertiary/aromatic N) is 2. The summed E-state index contributed by atoms with van der Waals surface area (Å²) in [5.74, 6) is -0.929. The van der Waals surface area contributed by atoms with Crippen molar-refractivity contribution in [2.75, 3.05) is 26.7 Å². The SMILES string of the molecule is CN(Cc1ccc(C(F)(F)F)cc1F)C1CN(C(=O)CC[C@@H]2COC(=O)N2)C1. The molecule has 0 spiro atoms. The molecule has 0 aromatic heterocycles. The molecular formula is C18H21F4N3O3. The fourth-order valence-electron chi connectivity index (χ4n) is 3.22. The molecule has 0 aliphatic carbocycles. The van der Waals surface area contributed by atoms with Gasteiger partial charge in [-0.1, -0.05) is 6.07 Å². The number of carbonyl (C=O) groups excluding carboxylic acids is 2. The Kier molecular flexibility index (Phi) is 5.78. The minimum absolute atomic E-state index is 0.0140. The van der Waals surface area contributed by atoms with Crippen LogP contribution < -0.4 is 5.32 Å². The van der Waals surface area contributed by atoms with Gasteiger partial charge in [0.1, 0.15) is 12.4 Å². The summed E-state index contributed by atoms with van der Waals surface area (Å²) in [6.07, 6.45) is -4.26. The predicted molar refractivity (Wildman–Crippen MR) is 90.7 cm³/mol. The Bertz CT molecular complexity index is 750. The maximum Gasteiger partial charge on any atom is 0.416 e. The molecule has 6 nitrogen and oxygen atoms in total. The van der Waals surface area contributed by atoms with E-state index in [1.54, 1.807) is 11.9 Å². The standard InChI is InChI=1S/C18H21F4N3O3/c1-24(7-11-2-3-12(6-15(11)19)18(20,21)22)14-8-25(9-14)16(26)5-4-13-10-28-17(27)23-13/h2-3,6,13-14H,4-5,7-10H2,1H3,(H,23,27)/t13-/m1/s1. The number of nitrogens with one attached hydrogen (secondary N) is 1. The Hall–Kier alpha value is -2.36. The Morgan fingerprint density at radius 3 is 2.64 bits per heavy atom. The Morgan fingerprint density at radius 2 is 2.07 bits per heavy atom. The van der Waals surface area contributed by atoms with E-state index in [0.717, 1.165) is 12.1 Å². The fraction of sp³-hybridized carbons (Fsp3) is 0.556. The summed E-state index contributed by atoms with van der Waals surface area (Å²) in [4.78, 5) is 26.6. The van der Waals surface area contributed by atoms with Crippen molar-refractivity contribution < 1.29 is 31.9 Å². The number of ether oxygens (including phenoxy) is 1. The van der Waals surface area contributed by atoms with Crippen LogP contribution in [-0.2, 0) is 22.3 Å². The van der Waals surface area contributed by atoms with E-state index in [-0.39, 0.29) is 43.1 Å². The summed E-state index contributed by atoms with van der Waals surface area (Å²) in [5, 5.41) is 2.61. The number of carbonyl (C=O) groups is 2. The van der Waals surface area contributed by atoms with Crippen LogP contribution in [0.3, 0.4) is 0 Å². The maximum absolute atomic E-state index is 14.0. The fourth-order valence-corrected chi connectivity index (χ4v) is 3.22. The van der Waals surface area contributed by atoms with Crippen LogP contribution in [0.2, 0.25) is 0 Å². The summed E-state index contributed by atoms with van der Waals surface area (Å²) >= 11 is 0. The quantitative estimate of drug-likeness (QED) is 0.741. The first-order valence-corrected chi connectivity index (χ1v) is 8.90. The Labute approximate surface area is 159 Å². The van der Waals surface area contributed by atoms with Crippen LogP contribution in [0.1, 0.15) is 24.0 Å². The Morgan fingerprint density at radius 1 is 1.36 bits per heavy atom. The smallest absolute Gasteiger partial charge is 0.416 e. The molecule has 1 atom stereocenters. The van der Waals surface area contributed by atoms with Crippen LogP contribution in [0.5, 0.6) is 0 Å². The highest BCUT2D eigenvalue weighted by Gasteiger charge is 2.35. The van der Waals surface area contributed by atoms with Crippen molar-refractivity contribution in [1.29, 1.82) is 0 Å². The lowest BCUT2D eigenvalue weighted by Crippen LogP contribution is -2.60. The first-order valence-electron chi connectivity index (χ1n) is 8.90. The molecule has 0 unspecified atom stereocenters. The molecule has 2 aliphatic heterocycles. The Balaban J connectivity index is 1.44. The lowest BCUT2D eigenvalue weighted by Gasteiger charge is -2.44. The van der Waals surface area contributed by atoms with Gasteiger partial charge in [0.05, 0.1) is 11.6 Å². The number of amides is 2. The number of alkyl carbamates (subject to hydrolysis) is 1. The monoisotopic (exact) mass is 403 g/mol. The summed E-state index contributed by atoms with van der Waals surface area (Å²) in [6.45, 7) is 1.37. The van der Waals surface area contributed by atoms with Gasteiger partial charge in [-0.25, -0.2) is 9.18 Å². The van der Waals surface area contributed by atoms with Crippen molar-refractivity contribution in [1.82, 2.24) is 15.1 Å². The zero-order chi connectivity index (χ0) is 20.5. The number of likely N-dealkylation sites (tertiary alicyclic amines) is 1. The zero-order valence-electron chi connectivity index (χ0n) is 15.3. The molecule has 0 saturated carbocycles. The van der Waals surface area contributed by atoms with Crippen molar-refractivity contribution in [2.24, 2.45) is 0 Å². The van der Waals surface area contributed by atoms with Gasteiger partial charge in [0.25, 0.3) is 0 Å². The third-order valence-electron chi connectivity index (χ3n) is 5.08. The number of halogens is 4. The first-order chi connectivity index (χ1) is 13.1. The molecule has 0 bridgehead atoms. The van der Waals surface area contributed by atoms with Gasteiger partial charge in [0.2, 0.25) is 5.91 Å². The van der Waals surface area contributed by atoms with Crippen LogP contribution in [0.4, 0.5) is 22.4 Å². The number of alkyl halides is 3. The molecule has 28 heavy (non-hydrogen) atoms. The number of rotatable bonds is 6. The van der Waals surface area contributed by atoms with Gasteiger partial charge >= 0.3 is 12.3 Å². The van der Waals surface area contributed by atoms with Crippen molar-refractivity contribution in [3.05, 3.63) is 35.1 Å². The number of hydrogen-bond donors (Lipinski definition) is 1. The van der Waals surface area contributed by atoms with E-state index in [2.05, 4.69) is 5.32 Å². The predicted octanol–water partition coefficient (Wildman–Crippen LogP) is 2.38. The molecule has 3 rings (SSSR count). The molecule has 1 aromatic rings. The van der Waals surface area contributed by atoms with Crippen LogP contribution in [0.25, 0.3) is 0 Å². The van der Waals surface area contributed by atoms with Crippen LogP contribution >= 0.6 is 0 Å². The number of benzene rings is 1. The van der Waals surface area contributed by atoms with E-state index in [4.69, 9.17) is 4.74 Å². The van der Waals surface area contributed by atoms with Crippen LogP contribution in [-0.4, -0.2) is 60.6 Å². The highest BCUT2D eigenvalue weighted by molar-refractivity contribution is 5.77. The molecule has 2 amide bonds. The van der Waals surface area contributed by atoms with E-state index < -0.39 is 23.7 Å². The second-order valence-electron chi connectivity index (χ2n) is 7.15. The lowest BCUT2D eigenvalue weighted by atomic mass is 10.0. The second-order valence-corrected chi connectivity index (χ2v) is 7.15. The summed E-state index contributed by atoms with van der Waals surface area (Å²) in [6, 6.07) is 2.38. The number of likely N-dealkylation sites (N-methyl/N-ethyl adjacent to an activating group) is 1. The molecule has 2 aliphatic rings. The van der Waals surface area contributed by atoms with Crippen LogP contribution in [0, 0.1) is 5.82 Å². The van der Waals surface area contributed by atoms with E-state index in [1.807, 2.05) is 4.90 Å². The van der Waals surface area contributed by atoms with Gasteiger partial charge in [-0.2, -0.15) is 13.2 Å². The van der Waals surface area contributed by atoms with Crippen molar-refractivity contribution in [3.8, 4) is 0 Å². The molecule has 2 heterocycles. The van der Waals surface area contributed by atoms with E-state index in [0.29, 0.717) is 25.6 Å². The highest BCUT2D eigenvalue weighted by Crippen LogP contribution is 2.30. The van der Waals surface area contributed by atoms with Gasteiger partial charge in [-0.3, -0.25) is 9.69 Å². The maximum atomic E-state index is 14.0. The largest absolute Gasteiger partial charge is 0.447 e. The van der Waals surface area contributed by atoms with Gasteiger partial charge in [-0.15, -0.1) is 0 Å². The summed E-state index contributed by atoms with van der Waals surface area (Å²) in [7, 11) is 1.75. The highest BCUT2D eigenvalue weighted by atomic mass is 19.4. The van der Waals surface area contributed by atoms with Gasteiger partial charge in [-0.05, 0) is 25.6 Å². The zero-order valence-corrected chi connectivity index (χ0v) is 15.3. The third kappa shape index (κ3) is 4.73. The average Bonchev–Trinajstić information content (AvgIpc) is 2.98. The second kappa shape index (κ2) is 7.94. The third-order valence-corrected chi connectivity index (χ3v) is 5.08. The van der Waals surface area contributed by atoms with Gasteiger partial charge < -0.3 is 15.0 Å². The van der Waals surface area contributed by atoms with E-state index in [9.17, 15) is 27.2 Å². The number of hydrogen-bond acceptors (Lipinski definition) is 4. The topological polar surface area (TPSA) is 61.9 Å². The van der Waals surface area contributed by atoms with E-state index >= 15 is 0 Å². The first kappa shape index (κ1) is 20.4. The summed E-state index contributed by atoms with van der Waals surface area (Å²) in [5.41, 5.74) is -0.835. The normalized spacial score (nSPS) is 20.1. The summed E-state index contributed by atoms with van der Waals surface area (Å²) < 4.78 is 56.6. The molecule has 1 aromatic carbocycles. The minimum Gasteiger partial charge on any atom is -0.447 e. The molecular weight excluding hydrogens is 382 g/mol. The van der Waals surface area contributed by atoms with E-state index in [1.165, 1.54) is 0 Å². The molecule has 154 valence electrons. The molecule has 1 N–H and O–H groups in total. The molecule has 10 heteroatoms. The molecule has 2 saturated heterocycles. The van der Waals surface area contributed by atoms with Crippen molar-refractivity contribution >= 4 is 12.0 Å². The average molecular weight is 403 g/mol. The van der Waals surface area contributed by atoms with Crippen LogP contribution in [0.15, 0.2) is 18.2 Å². The minimum atomic E-state index is -4.58. The number of cyclic esters (lactones) is 1. The van der Waals surface area contributed by atoms with Crippen molar-refractivity contribution in [3.63, 3.8) is 0 Å². The van der Waals surface area contributed by atoms with Crippen molar-refractivity contribution in [2.45, 2.75) is 37.6 Å².